The lowest BCUT2D eigenvalue weighted by atomic mass is 9.59. The molecule has 114 valence electrons. The van der Waals surface area contributed by atoms with Gasteiger partial charge in [-0.1, -0.05) is 72.8 Å². The fourth-order valence-corrected chi connectivity index (χ4v) is 3.72. The zero-order valence-electron chi connectivity index (χ0n) is 12.6. The Morgan fingerprint density at radius 2 is 1.36 bits per heavy atom. The Hall–Kier alpha value is -1.90. The van der Waals surface area contributed by atoms with Gasteiger partial charge in [-0.25, -0.2) is 0 Å². The molecule has 2 atom stereocenters. The summed E-state index contributed by atoms with van der Waals surface area (Å²) < 4.78 is 0. The molecule has 0 fully saturated rings. The molecular weight excluding hydrogens is 272 g/mol. The largest absolute Gasteiger partial charge is 0.396 e. The number of allylic oxidation sites excluding steroid dienone is 2. The molecule has 0 heterocycles. The van der Waals surface area contributed by atoms with Gasteiger partial charge < -0.3 is 10.2 Å². The molecule has 1 aliphatic rings. The number of aliphatic hydroxyl groups is 2. The van der Waals surface area contributed by atoms with E-state index in [2.05, 4.69) is 36.4 Å². The van der Waals surface area contributed by atoms with E-state index < -0.39 is 5.41 Å². The number of rotatable bonds is 4. The van der Waals surface area contributed by atoms with Crippen LogP contribution in [-0.2, 0) is 0 Å². The summed E-state index contributed by atoms with van der Waals surface area (Å²) in [7, 11) is 0. The number of aliphatic hydroxyl groups excluding tert-OH is 2. The zero-order chi connectivity index (χ0) is 15.4. The van der Waals surface area contributed by atoms with Gasteiger partial charge in [0.05, 0.1) is 13.2 Å². The maximum atomic E-state index is 10.2. The van der Waals surface area contributed by atoms with E-state index in [4.69, 9.17) is 0 Å². The van der Waals surface area contributed by atoms with Crippen molar-refractivity contribution in [3.05, 3.63) is 83.9 Å². The van der Waals surface area contributed by atoms with Crippen molar-refractivity contribution in [3.8, 4) is 0 Å². The molecule has 0 saturated heterocycles. The summed E-state index contributed by atoms with van der Waals surface area (Å²) in [5, 5.41) is 20.4. The van der Waals surface area contributed by atoms with E-state index in [-0.39, 0.29) is 25.0 Å². The van der Waals surface area contributed by atoms with Crippen molar-refractivity contribution in [2.24, 2.45) is 5.41 Å². The molecule has 2 unspecified atom stereocenters. The van der Waals surface area contributed by atoms with E-state index in [0.29, 0.717) is 0 Å². The summed E-state index contributed by atoms with van der Waals surface area (Å²) in [6.07, 6.45) is 5.16. The highest BCUT2D eigenvalue weighted by Crippen LogP contribution is 2.51. The van der Waals surface area contributed by atoms with E-state index in [1.54, 1.807) is 0 Å². The average Bonchev–Trinajstić information content (AvgIpc) is 2.62. The maximum absolute atomic E-state index is 10.2. The summed E-state index contributed by atoms with van der Waals surface area (Å²) >= 11 is 0. The van der Waals surface area contributed by atoms with Crippen molar-refractivity contribution in [2.45, 2.75) is 18.3 Å². The topological polar surface area (TPSA) is 40.5 Å². The van der Waals surface area contributed by atoms with Crippen LogP contribution in [0.1, 0.15) is 29.4 Å². The molecule has 2 heteroatoms. The fourth-order valence-electron chi connectivity index (χ4n) is 3.72. The molecule has 0 aliphatic heterocycles. The summed E-state index contributed by atoms with van der Waals surface area (Å²) in [6, 6.07) is 20.4. The smallest absolute Gasteiger partial charge is 0.0524 e. The minimum atomic E-state index is -0.572. The first-order chi connectivity index (χ1) is 10.8. The molecule has 2 aromatic rings. The SMILES string of the molecule is OCC1(CO)C(c2ccccc2)C=CCC1c1ccccc1. The van der Waals surface area contributed by atoms with Crippen molar-refractivity contribution < 1.29 is 10.2 Å². The van der Waals surface area contributed by atoms with Gasteiger partial charge in [0.15, 0.2) is 0 Å². The van der Waals surface area contributed by atoms with E-state index in [1.807, 2.05) is 36.4 Å². The third-order valence-electron chi connectivity index (χ3n) is 4.96. The molecule has 0 aromatic heterocycles. The van der Waals surface area contributed by atoms with Crippen LogP contribution in [0.4, 0.5) is 0 Å². The lowest BCUT2D eigenvalue weighted by molar-refractivity contribution is 0.0147. The Kier molecular flexibility index (Phi) is 4.41. The standard InChI is InChI=1S/C20H22O2/c21-14-20(15-22)18(16-8-3-1-4-9-16)12-7-13-19(20)17-10-5-2-6-11-17/h1-12,18-19,21-22H,13-15H2. The van der Waals surface area contributed by atoms with Crippen molar-refractivity contribution in [2.75, 3.05) is 13.2 Å². The molecule has 22 heavy (non-hydrogen) atoms. The highest BCUT2D eigenvalue weighted by Gasteiger charge is 2.46. The lowest BCUT2D eigenvalue weighted by Gasteiger charge is -2.45. The first-order valence-electron chi connectivity index (χ1n) is 7.80. The van der Waals surface area contributed by atoms with Gasteiger partial charge in [0.25, 0.3) is 0 Å². The van der Waals surface area contributed by atoms with Gasteiger partial charge in [0.2, 0.25) is 0 Å². The molecule has 0 spiro atoms. The van der Waals surface area contributed by atoms with Crippen molar-refractivity contribution >= 4 is 0 Å². The van der Waals surface area contributed by atoms with E-state index in [9.17, 15) is 10.2 Å². The van der Waals surface area contributed by atoms with E-state index in [1.165, 1.54) is 5.56 Å². The Labute approximate surface area is 131 Å². The summed E-state index contributed by atoms with van der Waals surface area (Å²) in [6.45, 7) is -0.0695. The molecule has 0 radical (unpaired) electrons. The molecule has 2 N–H and O–H groups in total. The molecule has 0 bridgehead atoms. The Morgan fingerprint density at radius 1 is 0.818 bits per heavy atom. The van der Waals surface area contributed by atoms with Crippen LogP contribution in [0.15, 0.2) is 72.8 Å². The quantitative estimate of drug-likeness (QED) is 0.848. The van der Waals surface area contributed by atoms with Crippen molar-refractivity contribution in [3.63, 3.8) is 0 Å². The van der Waals surface area contributed by atoms with Crippen LogP contribution in [0.25, 0.3) is 0 Å². The van der Waals surface area contributed by atoms with Crippen molar-refractivity contribution in [1.29, 1.82) is 0 Å². The number of hydrogen-bond donors (Lipinski definition) is 2. The molecule has 3 rings (SSSR count). The third kappa shape index (κ3) is 2.49. The monoisotopic (exact) mass is 294 g/mol. The lowest BCUT2D eigenvalue weighted by Crippen LogP contribution is -2.43. The van der Waals surface area contributed by atoms with Crippen LogP contribution < -0.4 is 0 Å². The predicted octanol–water partition coefficient (Wildman–Crippen LogP) is 3.48. The molecule has 0 saturated carbocycles. The Balaban J connectivity index is 2.08. The Morgan fingerprint density at radius 3 is 1.91 bits per heavy atom. The minimum absolute atomic E-state index is 0.0163. The fraction of sp³-hybridized carbons (Fsp3) is 0.300. The van der Waals surface area contributed by atoms with Gasteiger partial charge >= 0.3 is 0 Å². The molecule has 1 aliphatic carbocycles. The summed E-state index contributed by atoms with van der Waals surface area (Å²) in [4.78, 5) is 0. The number of hydrogen-bond acceptors (Lipinski definition) is 2. The first kappa shape index (κ1) is 15.0. The zero-order valence-corrected chi connectivity index (χ0v) is 12.6. The highest BCUT2D eigenvalue weighted by atomic mass is 16.3. The predicted molar refractivity (Wildman–Crippen MR) is 88.7 cm³/mol. The van der Waals surface area contributed by atoms with Crippen LogP contribution in [0.2, 0.25) is 0 Å². The van der Waals surface area contributed by atoms with Gasteiger partial charge in [0.1, 0.15) is 0 Å². The van der Waals surface area contributed by atoms with Crippen LogP contribution in [0, 0.1) is 5.41 Å². The normalized spacial score (nSPS) is 23.4. The van der Waals surface area contributed by atoms with Crippen LogP contribution in [0.5, 0.6) is 0 Å². The van der Waals surface area contributed by atoms with Gasteiger partial charge in [0, 0.05) is 11.3 Å². The first-order valence-corrected chi connectivity index (χ1v) is 7.80. The van der Waals surface area contributed by atoms with Gasteiger partial charge in [-0.15, -0.1) is 0 Å². The summed E-state index contributed by atoms with van der Waals surface area (Å²) in [5.74, 6) is 0.126. The maximum Gasteiger partial charge on any atom is 0.0524 e. The number of benzene rings is 2. The van der Waals surface area contributed by atoms with Crippen LogP contribution >= 0.6 is 0 Å². The molecule has 0 amide bonds. The second kappa shape index (κ2) is 6.47. The molecular formula is C20H22O2. The van der Waals surface area contributed by atoms with Crippen molar-refractivity contribution in [1.82, 2.24) is 0 Å². The average molecular weight is 294 g/mol. The second-order valence-electron chi connectivity index (χ2n) is 6.06. The van der Waals surface area contributed by atoms with Gasteiger partial charge in [-0.2, -0.15) is 0 Å². The molecule has 2 aromatic carbocycles. The van der Waals surface area contributed by atoms with E-state index >= 15 is 0 Å². The van der Waals surface area contributed by atoms with Crippen LogP contribution in [-0.4, -0.2) is 23.4 Å². The second-order valence-corrected chi connectivity index (χ2v) is 6.06. The Bertz CT molecular complexity index is 615. The minimum Gasteiger partial charge on any atom is -0.396 e. The molecule has 2 nitrogen and oxygen atoms in total. The highest BCUT2D eigenvalue weighted by molar-refractivity contribution is 5.35. The van der Waals surface area contributed by atoms with Gasteiger partial charge in [-0.3, -0.25) is 0 Å². The van der Waals surface area contributed by atoms with Gasteiger partial charge in [-0.05, 0) is 23.5 Å². The summed E-state index contributed by atoms with van der Waals surface area (Å²) in [5.41, 5.74) is 1.75. The van der Waals surface area contributed by atoms with E-state index in [0.717, 1.165) is 12.0 Å². The third-order valence-corrected chi connectivity index (χ3v) is 4.96. The van der Waals surface area contributed by atoms with Crippen LogP contribution in [0.3, 0.4) is 0 Å².